The average molecular weight is 638 g/mol. The van der Waals surface area contributed by atoms with Crippen LogP contribution in [0.4, 0.5) is 4.79 Å². The van der Waals surface area contributed by atoms with E-state index in [0.717, 1.165) is 41.5 Å². The van der Waals surface area contributed by atoms with Crippen LogP contribution in [-0.4, -0.2) is 122 Å². The van der Waals surface area contributed by atoms with Crippen molar-refractivity contribution in [2.45, 2.75) is 103 Å². The number of rotatable bonds is 11. The molecule has 0 spiro atoms. The van der Waals surface area contributed by atoms with Crippen molar-refractivity contribution in [1.29, 1.82) is 0 Å². The molecule has 0 aromatic carbocycles. The summed E-state index contributed by atoms with van der Waals surface area (Å²) in [6, 6.07) is 0. The van der Waals surface area contributed by atoms with Gasteiger partial charge in [0.05, 0.1) is 0 Å². The molecule has 2 aliphatic heterocycles. The molecule has 0 bridgehead atoms. The minimum Gasteiger partial charge on any atom is -0.463 e. The second-order valence-corrected chi connectivity index (χ2v) is 9.51. The Labute approximate surface area is 250 Å². The molecule has 19 heteroatoms. The third kappa shape index (κ3) is 10.6. The van der Waals surface area contributed by atoms with E-state index in [1.54, 1.807) is 0 Å². The number of carbonyl (C=O) groups is 7. The van der Waals surface area contributed by atoms with Crippen molar-refractivity contribution >= 4 is 41.9 Å². The molecular formula is C25H35NO18. The van der Waals surface area contributed by atoms with Crippen molar-refractivity contribution in [1.82, 2.24) is 0 Å². The quantitative estimate of drug-likeness (QED) is 0.186. The van der Waals surface area contributed by atoms with E-state index >= 15 is 0 Å². The topological polar surface area (TPSA) is 258 Å². The summed E-state index contributed by atoms with van der Waals surface area (Å²) in [5, 5.41) is 10.9. The molecule has 1 amide bonds. The summed E-state index contributed by atoms with van der Waals surface area (Å²) in [5.41, 5.74) is 5.22. The highest BCUT2D eigenvalue weighted by Gasteiger charge is 2.57. The molecule has 248 valence electrons. The monoisotopic (exact) mass is 637 g/mol. The van der Waals surface area contributed by atoms with Gasteiger partial charge in [0.1, 0.15) is 25.4 Å². The second kappa shape index (κ2) is 16.1. The molecule has 19 nitrogen and oxygen atoms in total. The lowest BCUT2D eigenvalue weighted by atomic mass is 9.96. The van der Waals surface area contributed by atoms with Crippen LogP contribution in [0.3, 0.4) is 0 Å². The first kappa shape index (κ1) is 36.1. The summed E-state index contributed by atoms with van der Waals surface area (Å²) in [6.07, 6.45) is -18.2. The summed E-state index contributed by atoms with van der Waals surface area (Å²) >= 11 is 0. The SMILES string of the molecule is CC(=O)OC[C@@H]1O[C@H](O)[C@@H](O[C@H]2O[C@H](COC(C)=O)[C@@H](OC(C)=O)[C@@H](OC(N)=O)[C@@H]2OC(C)=O)[C@@H](OC(C)=O)[C@@H]1OC(C)=O. The summed E-state index contributed by atoms with van der Waals surface area (Å²) in [5.74, 6) is -5.21. The minimum atomic E-state index is -2.01. The van der Waals surface area contributed by atoms with E-state index in [1.807, 2.05) is 0 Å². The van der Waals surface area contributed by atoms with Gasteiger partial charge in [-0.2, -0.15) is 0 Å². The molecule has 2 aliphatic rings. The van der Waals surface area contributed by atoms with Crippen LogP contribution in [0.2, 0.25) is 0 Å². The first-order chi connectivity index (χ1) is 20.5. The second-order valence-electron chi connectivity index (χ2n) is 9.51. The summed E-state index contributed by atoms with van der Waals surface area (Å²) in [6.45, 7) is 5.00. The van der Waals surface area contributed by atoms with Gasteiger partial charge in [-0.15, -0.1) is 0 Å². The maximum Gasteiger partial charge on any atom is 0.405 e. The molecule has 2 heterocycles. The van der Waals surface area contributed by atoms with E-state index in [-0.39, 0.29) is 0 Å². The fraction of sp³-hybridized carbons (Fsp3) is 0.720. The van der Waals surface area contributed by atoms with E-state index in [0.29, 0.717) is 0 Å². The van der Waals surface area contributed by atoms with Crippen LogP contribution < -0.4 is 5.73 Å². The number of aliphatic hydroxyl groups is 1. The number of esters is 6. The highest BCUT2D eigenvalue weighted by molar-refractivity contribution is 5.69. The fourth-order valence-electron chi connectivity index (χ4n) is 4.43. The summed E-state index contributed by atoms with van der Waals surface area (Å²) < 4.78 is 53.4. The zero-order chi connectivity index (χ0) is 33.3. The van der Waals surface area contributed by atoms with Crippen LogP contribution in [0, 0.1) is 0 Å². The van der Waals surface area contributed by atoms with Gasteiger partial charge >= 0.3 is 41.9 Å². The van der Waals surface area contributed by atoms with Crippen LogP contribution in [0.25, 0.3) is 0 Å². The summed E-state index contributed by atoms with van der Waals surface area (Å²) in [7, 11) is 0. The molecule has 0 aromatic heterocycles. The number of primary amides is 1. The number of aliphatic hydroxyl groups excluding tert-OH is 1. The Morgan fingerprint density at radius 3 is 1.34 bits per heavy atom. The predicted octanol–water partition coefficient (Wildman–Crippen LogP) is -1.87. The van der Waals surface area contributed by atoms with Crippen LogP contribution in [0.5, 0.6) is 0 Å². The largest absolute Gasteiger partial charge is 0.463 e. The van der Waals surface area contributed by atoms with Gasteiger partial charge in [0.2, 0.25) is 0 Å². The lowest BCUT2D eigenvalue weighted by molar-refractivity contribution is -0.362. The molecule has 0 saturated carbocycles. The third-order valence-electron chi connectivity index (χ3n) is 5.85. The smallest absolute Gasteiger partial charge is 0.405 e. The predicted molar refractivity (Wildman–Crippen MR) is 134 cm³/mol. The molecule has 2 fully saturated rings. The van der Waals surface area contributed by atoms with Crippen LogP contribution in [0.15, 0.2) is 0 Å². The zero-order valence-corrected chi connectivity index (χ0v) is 24.7. The van der Waals surface area contributed by atoms with Gasteiger partial charge in [-0.25, -0.2) is 4.79 Å². The van der Waals surface area contributed by atoms with E-state index in [9.17, 15) is 38.7 Å². The van der Waals surface area contributed by atoms with Crippen LogP contribution in [0.1, 0.15) is 41.5 Å². The highest BCUT2D eigenvalue weighted by atomic mass is 16.8. The highest BCUT2D eigenvalue weighted by Crippen LogP contribution is 2.34. The number of carbonyl (C=O) groups excluding carboxylic acids is 7. The maximum atomic E-state index is 12.1. The summed E-state index contributed by atoms with van der Waals surface area (Å²) in [4.78, 5) is 82.9. The van der Waals surface area contributed by atoms with Gasteiger partial charge in [0, 0.05) is 41.5 Å². The Morgan fingerprint density at radius 2 is 0.932 bits per heavy atom. The molecule has 2 saturated heterocycles. The molecule has 0 aromatic rings. The van der Waals surface area contributed by atoms with Gasteiger partial charge < -0.3 is 58.2 Å². The van der Waals surface area contributed by atoms with Crippen LogP contribution >= 0.6 is 0 Å². The zero-order valence-electron chi connectivity index (χ0n) is 24.7. The Hall–Kier alpha value is -4.07. The minimum absolute atomic E-state index is 0.548. The molecule has 10 atom stereocenters. The molecule has 3 N–H and O–H groups in total. The average Bonchev–Trinajstić information content (AvgIpc) is 2.87. The van der Waals surface area contributed by atoms with Crippen molar-refractivity contribution in [2.75, 3.05) is 13.2 Å². The van der Waals surface area contributed by atoms with E-state index in [1.165, 1.54) is 0 Å². The van der Waals surface area contributed by atoms with Gasteiger partial charge in [0.25, 0.3) is 0 Å². The number of nitrogens with two attached hydrogens (primary N) is 1. The number of ether oxygens (including phenoxy) is 10. The Morgan fingerprint density at radius 1 is 0.545 bits per heavy atom. The Kier molecular flexibility index (Phi) is 13.2. The molecule has 0 unspecified atom stereocenters. The van der Waals surface area contributed by atoms with Crippen molar-refractivity contribution in [3.05, 3.63) is 0 Å². The first-order valence-corrected chi connectivity index (χ1v) is 13.1. The van der Waals surface area contributed by atoms with Crippen molar-refractivity contribution in [2.24, 2.45) is 5.73 Å². The number of amides is 1. The van der Waals surface area contributed by atoms with Gasteiger partial charge in [0.15, 0.2) is 49.2 Å². The molecular weight excluding hydrogens is 602 g/mol. The van der Waals surface area contributed by atoms with Crippen LogP contribution in [-0.2, 0) is 76.1 Å². The Bertz CT molecular complexity index is 1090. The van der Waals surface area contributed by atoms with E-state index < -0.39 is 117 Å². The standard InChI is InChI=1S/C25H35NO18/c1-9(27)35-7-15-17(37-11(3)29)19(39-13(5)31)21(23(33)41-15)43-24-22(40-14(6)32)20(44-25(26)34)18(38-12(4)30)16(42-24)8-36-10(2)28/h15-24,33H,7-8H2,1-6H3,(H2,26,34)/t15-,16+,17+,18+,19-,20+,21-,22-,23-,24+/m0/s1. The molecule has 2 rings (SSSR count). The van der Waals surface area contributed by atoms with Crippen molar-refractivity contribution in [3.63, 3.8) is 0 Å². The number of hydrogen-bond acceptors (Lipinski definition) is 18. The lowest BCUT2D eigenvalue weighted by Gasteiger charge is -2.47. The lowest BCUT2D eigenvalue weighted by Crippen LogP contribution is -2.67. The molecule has 44 heavy (non-hydrogen) atoms. The maximum absolute atomic E-state index is 12.1. The van der Waals surface area contributed by atoms with E-state index in [4.69, 9.17) is 53.1 Å². The number of hydrogen-bond donors (Lipinski definition) is 2. The van der Waals surface area contributed by atoms with E-state index in [2.05, 4.69) is 0 Å². The van der Waals surface area contributed by atoms with Gasteiger partial charge in [-0.3, -0.25) is 28.8 Å². The van der Waals surface area contributed by atoms with Crippen molar-refractivity contribution in [3.8, 4) is 0 Å². The normalized spacial score (nSPS) is 31.4. The van der Waals surface area contributed by atoms with Gasteiger partial charge in [-0.1, -0.05) is 0 Å². The molecule has 0 aliphatic carbocycles. The van der Waals surface area contributed by atoms with Gasteiger partial charge in [-0.05, 0) is 0 Å². The van der Waals surface area contributed by atoms with Crippen molar-refractivity contribution < 1.29 is 86.0 Å². The molecule has 0 radical (unpaired) electrons. The third-order valence-corrected chi connectivity index (χ3v) is 5.85. The Balaban J connectivity index is 2.59. The fourth-order valence-corrected chi connectivity index (χ4v) is 4.43. The first-order valence-electron chi connectivity index (χ1n) is 13.1.